The van der Waals surface area contributed by atoms with Crippen molar-refractivity contribution in [2.75, 3.05) is 33.7 Å². The number of nitrogens with zero attached hydrogens (tertiary/aromatic N) is 2. The minimum absolute atomic E-state index is 0.0464. The number of hydrogen-bond donors (Lipinski definition) is 1. The van der Waals surface area contributed by atoms with Gasteiger partial charge in [0.2, 0.25) is 5.91 Å². The van der Waals surface area contributed by atoms with E-state index in [4.69, 9.17) is 0 Å². The highest BCUT2D eigenvalue weighted by molar-refractivity contribution is 5.87. The number of carbonyl (C=O) groups excluding carboxylic acids is 1. The lowest BCUT2D eigenvalue weighted by Gasteiger charge is -2.43. The van der Waals surface area contributed by atoms with Crippen molar-refractivity contribution in [3.05, 3.63) is 12.2 Å². The molecule has 1 N–H and O–H groups in total. The number of rotatable bonds is 6. The Morgan fingerprint density at radius 3 is 2.71 bits per heavy atom. The van der Waals surface area contributed by atoms with Crippen LogP contribution < -0.4 is 5.32 Å². The van der Waals surface area contributed by atoms with Gasteiger partial charge in [-0.15, -0.1) is 0 Å². The molecule has 0 radical (unpaired) electrons. The highest BCUT2D eigenvalue weighted by Gasteiger charge is 2.31. The van der Waals surface area contributed by atoms with Gasteiger partial charge < -0.3 is 15.1 Å². The van der Waals surface area contributed by atoms with Crippen molar-refractivity contribution in [3.8, 4) is 0 Å². The minimum atomic E-state index is 0.0464. The molecule has 0 aromatic rings. The van der Waals surface area contributed by atoms with Gasteiger partial charge in [0.1, 0.15) is 0 Å². The second-order valence-electron chi connectivity index (χ2n) is 6.94. The molecule has 4 nitrogen and oxygen atoms in total. The first-order chi connectivity index (χ1) is 10.1. The summed E-state index contributed by atoms with van der Waals surface area (Å²) in [6, 6.07) is 1.10. The number of amides is 1. The van der Waals surface area contributed by atoms with Crippen LogP contribution >= 0.6 is 0 Å². The zero-order valence-electron chi connectivity index (χ0n) is 13.8. The first-order valence-corrected chi connectivity index (χ1v) is 8.42. The fourth-order valence-electron chi connectivity index (χ4n) is 3.29. The highest BCUT2D eigenvalue weighted by atomic mass is 16.1. The van der Waals surface area contributed by atoms with Crippen LogP contribution in [0.1, 0.15) is 39.0 Å². The second kappa shape index (κ2) is 7.95. The van der Waals surface area contributed by atoms with E-state index in [0.29, 0.717) is 5.92 Å². The van der Waals surface area contributed by atoms with Crippen molar-refractivity contribution in [1.82, 2.24) is 15.1 Å². The van der Waals surface area contributed by atoms with Crippen LogP contribution in [-0.2, 0) is 4.79 Å². The lowest BCUT2D eigenvalue weighted by atomic mass is 9.85. The number of likely N-dealkylation sites (N-methyl/N-ethyl adjacent to an activating group) is 1. The fraction of sp³-hybridized carbons (Fsp3) is 0.824. The molecular weight excluding hydrogens is 262 g/mol. The Morgan fingerprint density at radius 2 is 2.10 bits per heavy atom. The van der Waals surface area contributed by atoms with E-state index in [9.17, 15) is 4.79 Å². The van der Waals surface area contributed by atoms with Crippen LogP contribution in [0.3, 0.4) is 0 Å². The Morgan fingerprint density at radius 1 is 1.33 bits per heavy atom. The predicted octanol–water partition coefficient (Wildman–Crippen LogP) is 1.87. The summed E-state index contributed by atoms with van der Waals surface area (Å²) in [5, 5.41) is 3.15. The van der Waals surface area contributed by atoms with Gasteiger partial charge in [-0.25, -0.2) is 0 Å². The molecule has 2 unspecified atom stereocenters. The van der Waals surface area contributed by atoms with Crippen molar-refractivity contribution in [2.45, 2.75) is 51.1 Å². The van der Waals surface area contributed by atoms with E-state index in [0.717, 1.165) is 19.1 Å². The van der Waals surface area contributed by atoms with E-state index in [1.165, 1.54) is 38.6 Å². The Hall–Kier alpha value is -0.870. The fourth-order valence-corrected chi connectivity index (χ4v) is 3.29. The van der Waals surface area contributed by atoms with Crippen molar-refractivity contribution < 1.29 is 4.79 Å². The summed E-state index contributed by atoms with van der Waals surface area (Å²) in [4.78, 5) is 16.6. The summed E-state index contributed by atoms with van der Waals surface area (Å²) < 4.78 is 0. The Bertz CT molecular complexity index is 363. The lowest BCUT2D eigenvalue weighted by Crippen LogP contribution is -2.50. The molecule has 2 atom stereocenters. The van der Waals surface area contributed by atoms with Crippen LogP contribution in [0.5, 0.6) is 0 Å². The summed E-state index contributed by atoms with van der Waals surface area (Å²) in [5.41, 5.74) is 0. The summed E-state index contributed by atoms with van der Waals surface area (Å²) >= 11 is 0. The van der Waals surface area contributed by atoms with Gasteiger partial charge in [-0.2, -0.15) is 0 Å². The van der Waals surface area contributed by atoms with Crippen LogP contribution in [0.2, 0.25) is 0 Å². The van der Waals surface area contributed by atoms with Crippen molar-refractivity contribution in [3.63, 3.8) is 0 Å². The van der Waals surface area contributed by atoms with Gasteiger partial charge in [0, 0.05) is 31.2 Å². The number of carbonyl (C=O) groups is 1. The molecule has 0 spiro atoms. The van der Waals surface area contributed by atoms with E-state index in [1.54, 1.807) is 6.08 Å². The minimum Gasteiger partial charge on any atom is -0.350 e. The molecule has 21 heavy (non-hydrogen) atoms. The molecule has 0 aromatic heterocycles. The summed E-state index contributed by atoms with van der Waals surface area (Å²) in [6.07, 6.45) is 10.3. The third-order valence-corrected chi connectivity index (χ3v) is 4.90. The van der Waals surface area contributed by atoms with Crippen LogP contribution in [0.4, 0.5) is 0 Å². The van der Waals surface area contributed by atoms with Crippen LogP contribution in [-0.4, -0.2) is 61.5 Å². The molecule has 0 bridgehead atoms. The van der Waals surface area contributed by atoms with E-state index in [1.807, 2.05) is 25.1 Å². The van der Waals surface area contributed by atoms with E-state index in [-0.39, 0.29) is 11.9 Å². The van der Waals surface area contributed by atoms with Crippen molar-refractivity contribution >= 4 is 5.91 Å². The molecule has 1 amide bonds. The van der Waals surface area contributed by atoms with Crippen LogP contribution in [0.15, 0.2) is 12.2 Å². The molecule has 1 aliphatic carbocycles. The SMILES string of the molecule is CC(NC(=O)/C=C/CN(C)C)C1CCCN(C2CCC2)C1. The standard InChI is InChI=1S/C17H31N3O/c1-14(18-17(21)10-6-11-19(2)3)15-7-5-12-20(13-15)16-8-4-9-16/h6,10,14-16H,4-5,7-9,11-13H2,1-3H3,(H,18,21)/b10-6+. The summed E-state index contributed by atoms with van der Waals surface area (Å²) in [6.45, 7) is 5.38. The first-order valence-electron chi connectivity index (χ1n) is 8.42. The summed E-state index contributed by atoms with van der Waals surface area (Å²) in [7, 11) is 4.00. The monoisotopic (exact) mass is 293 g/mol. The Labute approximate surface area is 129 Å². The molecule has 1 aliphatic heterocycles. The highest BCUT2D eigenvalue weighted by Crippen LogP contribution is 2.30. The molecule has 4 heteroatoms. The maximum atomic E-state index is 11.9. The number of piperidine rings is 1. The third kappa shape index (κ3) is 5.11. The van der Waals surface area contributed by atoms with Gasteiger partial charge in [0.15, 0.2) is 0 Å². The molecule has 2 fully saturated rings. The van der Waals surface area contributed by atoms with Gasteiger partial charge in [-0.1, -0.05) is 12.5 Å². The molecule has 1 saturated carbocycles. The maximum Gasteiger partial charge on any atom is 0.243 e. The largest absolute Gasteiger partial charge is 0.350 e. The molecule has 120 valence electrons. The average molecular weight is 293 g/mol. The van der Waals surface area contributed by atoms with Gasteiger partial charge in [0.05, 0.1) is 0 Å². The smallest absolute Gasteiger partial charge is 0.243 e. The number of likely N-dealkylation sites (tertiary alicyclic amines) is 1. The maximum absolute atomic E-state index is 11.9. The predicted molar refractivity (Wildman–Crippen MR) is 87.2 cm³/mol. The average Bonchev–Trinajstić information content (AvgIpc) is 2.36. The van der Waals surface area contributed by atoms with Crippen LogP contribution in [0, 0.1) is 5.92 Å². The van der Waals surface area contributed by atoms with Gasteiger partial charge in [-0.3, -0.25) is 4.79 Å². The molecule has 0 aromatic carbocycles. The molecule has 2 aliphatic rings. The topological polar surface area (TPSA) is 35.6 Å². The zero-order valence-corrected chi connectivity index (χ0v) is 13.8. The quantitative estimate of drug-likeness (QED) is 0.760. The van der Waals surface area contributed by atoms with Crippen molar-refractivity contribution in [1.29, 1.82) is 0 Å². The van der Waals surface area contributed by atoms with Crippen molar-refractivity contribution in [2.24, 2.45) is 5.92 Å². The van der Waals surface area contributed by atoms with Gasteiger partial charge in [-0.05, 0) is 59.2 Å². The number of hydrogen-bond acceptors (Lipinski definition) is 3. The number of nitrogens with one attached hydrogen (secondary N) is 1. The molecule has 1 heterocycles. The second-order valence-corrected chi connectivity index (χ2v) is 6.94. The third-order valence-electron chi connectivity index (χ3n) is 4.90. The van der Waals surface area contributed by atoms with Gasteiger partial charge >= 0.3 is 0 Å². The van der Waals surface area contributed by atoms with E-state index in [2.05, 4.69) is 17.1 Å². The molecular formula is C17H31N3O. The molecule has 2 rings (SSSR count). The molecule has 1 saturated heterocycles. The Balaban J connectivity index is 1.75. The lowest BCUT2D eigenvalue weighted by molar-refractivity contribution is -0.117. The van der Waals surface area contributed by atoms with Gasteiger partial charge in [0.25, 0.3) is 0 Å². The normalized spacial score (nSPS) is 26.0. The zero-order chi connectivity index (χ0) is 15.2. The first kappa shape index (κ1) is 16.5. The Kier molecular flexibility index (Phi) is 6.24. The van der Waals surface area contributed by atoms with E-state index >= 15 is 0 Å². The summed E-state index contributed by atoms with van der Waals surface area (Å²) in [5.74, 6) is 0.649. The van der Waals surface area contributed by atoms with E-state index < -0.39 is 0 Å². The van der Waals surface area contributed by atoms with Crippen LogP contribution in [0.25, 0.3) is 0 Å².